The number of carbonyl (C=O) groups excluding carboxylic acids is 2. The van der Waals surface area contributed by atoms with Gasteiger partial charge in [-0.25, -0.2) is 4.68 Å². The van der Waals surface area contributed by atoms with Gasteiger partial charge in [-0.1, -0.05) is 35.5 Å². The highest BCUT2D eigenvalue weighted by molar-refractivity contribution is 5.97. The lowest BCUT2D eigenvalue weighted by Crippen LogP contribution is -2.52. The van der Waals surface area contributed by atoms with Crippen molar-refractivity contribution >= 4 is 11.8 Å². The van der Waals surface area contributed by atoms with Gasteiger partial charge in [-0.15, -0.1) is 5.10 Å². The van der Waals surface area contributed by atoms with Crippen LogP contribution in [-0.4, -0.2) is 57.9 Å². The van der Waals surface area contributed by atoms with E-state index in [0.717, 1.165) is 37.2 Å². The minimum absolute atomic E-state index is 0.163. The van der Waals surface area contributed by atoms with E-state index in [1.54, 1.807) is 4.90 Å². The fourth-order valence-corrected chi connectivity index (χ4v) is 3.92. The number of benzene rings is 1. The third-order valence-electron chi connectivity index (χ3n) is 5.37. The SMILES string of the molecule is Cc1c(C(=O)N2CCNC(=O)[C@H]2c2ccccc2)nnn1C1CCNCC1. The van der Waals surface area contributed by atoms with E-state index in [1.807, 2.05) is 41.9 Å². The lowest BCUT2D eigenvalue weighted by Gasteiger charge is -2.35. The molecule has 2 amide bonds. The van der Waals surface area contributed by atoms with Crippen molar-refractivity contribution < 1.29 is 9.59 Å². The Morgan fingerprint density at radius 1 is 1.15 bits per heavy atom. The second-order valence-electron chi connectivity index (χ2n) is 7.05. The van der Waals surface area contributed by atoms with Crippen molar-refractivity contribution in [1.82, 2.24) is 30.5 Å². The van der Waals surface area contributed by atoms with E-state index in [1.165, 1.54) is 0 Å². The van der Waals surface area contributed by atoms with Gasteiger partial charge in [0.2, 0.25) is 5.91 Å². The number of hydrogen-bond donors (Lipinski definition) is 2. The van der Waals surface area contributed by atoms with Gasteiger partial charge < -0.3 is 15.5 Å². The molecule has 2 fully saturated rings. The molecule has 4 rings (SSSR count). The zero-order valence-corrected chi connectivity index (χ0v) is 15.4. The molecular weight excluding hydrogens is 344 g/mol. The summed E-state index contributed by atoms with van der Waals surface area (Å²) in [6.45, 7) is 4.65. The van der Waals surface area contributed by atoms with Gasteiger partial charge >= 0.3 is 0 Å². The Hall–Kier alpha value is -2.74. The van der Waals surface area contributed by atoms with Crippen molar-refractivity contribution in [3.8, 4) is 0 Å². The first-order chi connectivity index (χ1) is 13.2. The molecule has 0 aliphatic carbocycles. The lowest BCUT2D eigenvalue weighted by molar-refractivity contribution is -0.128. The van der Waals surface area contributed by atoms with Crippen molar-refractivity contribution in [2.24, 2.45) is 0 Å². The predicted molar refractivity (Wildman–Crippen MR) is 99.1 cm³/mol. The molecule has 1 atom stereocenters. The van der Waals surface area contributed by atoms with E-state index in [4.69, 9.17) is 0 Å². The minimum Gasteiger partial charge on any atom is -0.352 e. The summed E-state index contributed by atoms with van der Waals surface area (Å²) < 4.78 is 1.87. The second-order valence-corrected chi connectivity index (χ2v) is 7.05. The van der Waals surface area contributed by atoms with Gasteiger partial charge in [0, 0.05) is 13.1 Å². The maximum atomic E-state index is 13.3. The summed E-state index contributed by atoms with van der Waals surface area (Å²) in [5.41, 5.74) is 1.90. The Kier molecular flexibility index (Phi) is 4.89. The van der Waals surface area contributed by atoms with Crippen LogP contribution in [0.1, 0.15) is 46.7 Å². The first kappa shape index (κ1) is 17.7. The van der Waals surface area contributed by atoms with Crippen LogP contribution >= 0.6 is 0 Å². The maximum absolute atomic E-state index is 13.3. The van der Waals surface area contributed by atoms with Crippen molar-refractivity contribution in [2.45, 2.75) is 31.8 Å². The quantitative estimate of drug-likeness (QED) is 0.837. The van der Waals surface area contributed by atoms with Crippen molar-refractivity contribution in [3.63, 3.8) is 0 Å². The molecule has 0 spiro atoms. The fraction of sp³-hybridized carbons (Fsp3) is 0.474. The molecule has 1 aromatic carbocycles. The van der Waals surface area contributed by atoms with Gasteiger partial charge in [0.05, 0.1) is 11.7 Å². The largest absolute Gasteiger partial charge is 0.352 e. The van der Waals surface area contributed by atoms with Gasteiger partial charge in [-0.3, -0.25) is 9.59 Å². The Bertz CT molecular complexity index is 828. The molecule has 1 aromatic heterocycles. The van der Waals surface area contributed by atoms with Gasteiger partial charge in [0.15, 0.2) is 5.69 Å². The van der Waals surface area contributed by atoms with Gasteiger partial charge in [-0.05, 0) is 38.4 Å². The maximum Gasteiger partial charge on any atom is 0.277 e. The molecule has 3 heterocycles. The molecule has 2 aromatic rings. The molecule has 2 saturated heterocycles. The van der Waals surface area contributed by atoms with Crippen molar-refractivity contribution in [3.05, 3.63) is 47.3 Å². The summed E-state index contributed by atoms with van der Waals surface area (Å²) in [5, 5.41) is 14.6. The Morgan fingerprint density at radius 3 is 2.63 bits per heavy atom. The molecule has 0 bridgehead atoms. The number of aromatic nitrogens is 3. The smallest absolute Gasteiger partial charge is 0.277 e. The standard InChI is InChI=1S/C19H24N6O2/c1-13-16(22-23-25(13)15-7-9-20-10-8-15)19(27)24-12-11-21-18(26)17(24)14-5-3-2-4-6-14/h2-6,15,17,20H,7-12H2,1H3,(H,21,26)/t17-/m1/s1. The topological polar surface area (TPSA) is 92.2 Å². The average molecular weight is 368 g/mol. The number of hydrogen-bond acceptors (Lipinski definition) is 5. The van der Waals surface area contributed by atoms with Gasteiger partial charge in [-0.2, -0.15) is 0 Å². The highest BCUT2D eigenvalue weighted by atomic mass is 16.2. The van der Waals surface area contributed by atoms with E-state index >= 15 is 0 Å². The van der Waals surface area contributed by atoms with E-state index < -0.39 is 6.04 Å². The number of amides is 2. The molecular formula is C19H24N6O2. The lowest BCUT2D eigenvalue weighted by atomic mass is 10.0. The molecule has 0 unspecified atom stereocenters. The molecule has 8 nitrogen and oxygen atoms in total. The van der Waals surface area contributed by atoms with Crippen LogP contribution in [0.4, 0.5) is 0 Å². The zero-order chi connectivity index (χ0) is 18.8. The molecule has 2 aliphatic heterocycles. The van der Waals surface area contributed by atoms with Crippen LogP contribution in [0.15, 0.2) is 30.3 Å². The van der Waals surface area contributed by atoms with Gasteiger partial charge in [0.1, 0.15) is 6.04 Å². The van der Waals surface area contributed by atoms with Crippen molar-refractivity contribution in [2.75, 3.05) is 26.2 Å². The Labute approximate surface area is 157 Å². The molecule has 8 heteroatoms. The Morgan fingerprint density at radius 2 is 1.89 bits per heavy atom. The molecule has 0 radical (unpaired) electrons. The first-order valence-corrected chi connectivity index (χ1v) is 9.43. The molecule has 2 N–H and O–H groups in total. The van der Waals surface area contributed by atoms with Crippen LogP contribution in [0.3, 0.4) is 0 Å². The summed E-state index contributed by atoms with van der Waals surface area (Å²) in [6, 6.07) is 9.00. The van der Waals surface area contributed by atoms with E-state index in [-0.39, 0.29) is 17.9 Å². The summed E-state index contributed by atoms with van der Waals surface area (Å²) in [5.74, 6) is -0.402. The van der Waals surface area contributed by atoms with Crippen molar-refractivity contribution in [1.29, 1.82) is 0 Å². The molecule has 2 aliphatic rings. The average Bonchev–Trinajstić information content (AvgIpc) is 3.10. The minimum atomic E-state index is -0.643. The Balaban J connectivity index is 1.63. The zero-order valence-electron chi connectivity index (χ0n) is 15.4. The van der Waals surface area contributed by atoms with Crippen LogP contribution in [-0.2, 0) is 4.79 Å². The van der Waals surface area contributed by atoms with Crippen LogP contribution in [0.5, 0.6) is 0 Å². The molecule has 142 valence electrons. The van der Waals surface area contributed by atoms with E-state index in [9.17, 15) is 9.59 Å². The van der Waals surface area contributed by atoms with E-state index in [2.05, 4.69) is 20.9 Å². The van der Waals surface area contributed by atoms with Crippen LogP contribution in [0.2, 0.25) is 0 Å². The van der Waals surface area contributed by atoms with Gasteiger partial charge in [0.25, 0.3) is 5.91 Å². The fourth-order valence-electron chi connectivity index (χ4n) is 3.92. The predicted octanol–water partition coefficient (Wildman–Crippen LogP) is 0.824. The number of piperidine rings is 1. The highest BCUT2D eigenvalue weighted by Crippen LogP contribution is 2.26. The second kappa shape index (κ2) is 7.48. The number of nitrogens with zero attached hydrogens (tertiary/aromatic N) is 4. The third kappa shape index (κ3) is 3.32. The number of rotatable bonds is 3. The summed E-state index contributed by atoms with van der Waals surface area (Å²) in [6.07, 6.45) is 1.94. The van der Waals surface area contributed by atoms with E-state index in [0.29, 0.717) is 18.8 Å². The third-order valence-corrected chi connectivity index (χ3v) is 5.37. The number of piperazine rings is 1. The summed E-state index contributed by atoms with van der Waals surface area (Å²) in [4.78, 5) is 27.4. The monoisotopic (exact) mass is 368 g/mol. The van der Waals surface area contributed by atoms with Crippen LogP contribution in [0, 0.1) is 6.92 Å². The normalized spacial score (nSPS) is 21.1. The molecule has 0 saturated carbocycles. The first-order valence-electron chi connectivity index (χ1n) is 9.43. The molecule has 27 heavy (non-hydrogen) atoms. The van der Waals surface area contributed by atoms with Crippen LogP contribution < -0.4 is 10.6 Å². The summed E-state index contributed by atoms with van der Waals surface area (Å²) in [7, 11) is 0. The van der Waals surface area contributed by atoms with Crippen LogP contribution in [0.25, 0.3) is 0 Å². The summed E-state index contributed by atoms with van der Waals surface area (Å²) >= 11 is 0. The number of carbonyl (C=O) groups is 2. The number of nitrogens with one attached hydrogen (secondary N) is 2. The highest BCUT2D eigenvalue weighted by Gasteiger charge is 2.37.